The van der Waals surface area contributed by atoms with Crippen molar-refractivity contribution in [1.29, 1.82) is 0 Å². The number of nitrogens with one attached hydrogen (secondary N) is 1. The van der Waals surface area contributed by atoms with Crippen LogP contribution < -0.4 is 14.4 Å². The second kappa shape index (κ2) is 9.11. The predicted octanol–water partition coefficient (Wildman–Crippen LogP) is 1.09. The zero-order valence-electron chi connectivity index (χ0n) is 14.8. The van der Waals surface area contributed by atoms with Crippen LogP contribution in [0.15, 0.2) is 18.2 Å². The van der Waals surface area contributed by atoms with Crippen LogP contribution >= 0.6 is 0 Å². The maximum atomic E-state index is 5.75. The van der Waals surface area contributed by atoms with Gasteiger partial charge < -0.3 is 23.8 Å². The summed E-state index contributed by atoms with van der Waals surface area (Å²) in [6.45, 7) is 11.3. The van der Waals surface area contributed by atoms with E-state index in [0.29, 0.717) is 25.4 Å². The number of methoxy groups -OCH3 is 1. The smallest absolute Gasteiger partial charge is 0.161 e. The van der Waals surface area contributed by atoms with Gasteiger partial charge in [0.25, 0.3) is 0 Å². The highest BCUT2D eigenvalue weighted by atomic mass is 16.5. The van der Waals surface area contributed by atoms with Gasteiger partial charge in [-0.1, -0.05) is 6.07 Å². The van der Waals surface area contributed by atoms with E-state index in [9.17, 15) is 0 Å². The van der Waals surface area contributed by atoms with Crippen molar-refractivity contribution in [2.75, 3.05) is 46.6 Å². The number of quaternary nitrogens is 1. The van der Waals surface area contributed by atoms with Crippen molar-refractivity contribution in [1.82, 2.24) is 0 Å². The lowest BCUT2D eigenvalue weighted by molar-refractivity contribution is -0.915. The van der Waals surface area contributed by atoms with Gasteiger partial charge in [0.15, 0.2) is 11.5 Å². The topological polar surface area (TPSA) is 41.4 Å². The number of morpholine rings is 1. The van der Waals surface area contributed by atoms with E-state index in [0.717, 1.165) is 43.3 Å². The van der Waals surface area contributed by atoms with Gasteiger partial charge in [0.05, 0.1) is 20.3 Å². The van der Waals surface area contributed by atoms with E-state index in [1.54, 1.807) is 12.0 Å². The summed E-state index contributed by atoms with van der Waals surface area (Å²) in [4.78, 5) is 1.55. The van der Waals surface area contributed by atoms with Crippen LogP contribution in [0.4, 0.5) is 0 Å². The standard InChI is InChI=1S/C18H29NO4/c1-14-5-6-17(18(11-14)20-4)22-10-9-21-8-7-19-12-15(2)23-16(3)13-19/h5-6,11,15-16H,7-10,12-13H2,1-4H3/p+1/t15-,16-/m0/s1. The molecule has 2 atom stereocenters. The van der Waals surface area contributed by atoms with E-state index < -0.39 is 0 Å². The van der Waals surface area contributed by atoms with Crippen molar-refractivity contribution in [3.05, 3.63) is 23.8 Å². The minimum atomic E-state index is 0.339. The van der Waals surface area contributed by atoms with Gasteiger partial charge in [-0.3, -0.25) is 0 Å². The van der Waals surface area contributed by atoms with Crippen molar-refractivity contribution in [3.63, 3.8) is 0 Å². The van der Waals surface area contributed by atoms with Crippen LogP contribution in [0.1, 0.15) is 19.4 Å². The van der Waals surface area contributed by atoms with Gasteiger partial charge in [0.2, 0.25) is 0 Å². The second-order valence-corrected chi connectivity index (χ2v) is 6.28. The zero-order chi connectivity index (χ0) is 16.7. The number of hydrogen-bond donors (Lipinski definition) is 1. The van der Waals surface area contributed by atoms with E-state index in [4.69, 9.17) is 18.9 Å². The lowest BCUT2D eigenvalue weighted by atomic mass is 10.2. The van der Waals surface area contributed by atoms with Gasteiger partial charge in [0.1, 0.15) is 38.4 Å². The summed E-state index contributed by atoms with van der Waals surface area (Å²) in [7, 11) is 1.66. The average Bonchev–Trinajstić information content (AvgIpc) is 2.50. The maximum Gasteiger partial charge on any atom is 0.161 e. The molecule has 5 heteroatoms. The molecule has 0 unspecified atom stereocenters. The van der Waals surface area contributed by atoms with E-state index in [2.05, 4.69) is 13.8 Å². The number of hydrogen-bond acceptors (Lipinski definition) is 4. The van der Waals surface area contributed by atoms with Crippen LogP contribution in [0.25, 0.3) is 0 Å². The Labute approximate surface area is 139 Å². The molecule has 1 aromatic carbocycles. The Morgan fingerprint density at radius 2 is 1.83 bits per heavy atom. The fraction of sp³-hybridized carbons (Fsp3) is 0.667. The first-order valence-electron chi connectivity index (χ1n) is 8.42. The monoisotopic (exact) mass is 324 g/mol. The summed E-state index contributed by atoms with van der Waals surface area (Å²) in [5.74, 6) is 1.54. The first-order valence-corrected chi connectivity index (χ1v) is 8.42. The molecule has 0 saturated carbocycles. The molecule has 1 aromatic rings. The summed E-state index contributed by atoms with van der Waals surface area (Å²) in [5, 5.41) is 0. The molecule has 0 radical (unpaired) electrons. The molecule has 0 bridgehead atoms. The van der Waals surface area contributed by atoms with Crippen molar-refractivity contribution in [2.24, 2.45) is 0 Å². The third-order valence-electron chi connectivity index (χ3n) is 4.02. The molecule has 23 heavy (non-hydrogen) atoms. The summed E-state index contributed by atoms with van der Waals surface area (Å²) in [5.41, 5.74) is 1.15. The van der Waals surface area contributed by atoms with Crippen molar-refractivity contribution < 1.29 is 23.8 Å². The summed E-state index contributed by atoms with van der Waals surface area (Å²) in [6, 6.07) is 5.93. The van der Waals surface area contributed by atoms with Crippen LogP contribution in [-0.2, 0) is 9.47 Å². The molecule has 5 nitrogen and oxygen atoms in total. The Morgan fingerprint density at radius 1 is 1.09 bits per heavy atom. The number of rotatable bonds is 8. The summed E-state index contributed by atoms with van der Waals surface area (Å²) in [6.07, 6.45) is 0.678. The molecule has 1 fully saturated rings. The molecule has 0 aliphatic carbocycles. The molecule has 0 amide bonds. The average molecular weight is 324 g/mol. The quantitative estimate of drug-likeness (QED) is 0.727. The van der Waals surface area contributed by atoms with E-state index in [1.807, 2.05) is 25.1 Å². The van der Waals surface area contributed by atoms with E-state index in [1.165, 1.54) is 0 Å². The van der Waals surface area contributed by atoms with Gasteiger partial charge in [-0.2, -0.15) is 0 Å². The predicted molar refractivity (Wildman–Crippen MR) is 89.6 cm³/mol. The largest absolute Gasteiger partial charge is 0.493 e. The molecular formula is C18H30NO4+. The minimum absolute atomic E-state index is 0.339. The lowest BCUT2D eigenvalue weighted by Crippen LogP contribution is -3.15. The molecule has 1 aliphatic rings. The lowest BCUT2D eigenvalue weighted by Gasteiger charge is -2.32. The fourth-order valence-electron chi connectivity index (χ4n) is 3.02. The van der Waals surface area contributed by atoms with Gasteiger partial charge in [-0.05, 0) is 38.5 Å². The zero-order valence-corrected chi connectivity index (χ0v) is 14.8. The van der Waals surface area contributed by atoms with Crippen LogP contribution in [-0.4, -0.2) is 58.8 Å². The first kappa shape index (κ1) is 18.0. The maximum absolute atomic E-state index is 5.75. The highest BCUT2D eigenvalue weighted by molar-refractivity contribution is 5.42. The molecule has 0 aromatic heterocycles. The fourth-order valence-corrected chi connectivity index (χ4v) is 3.02. The molecule has 130 valence electrons. The van der Waals surface area contributed by atoms with E-state index >= 15 is 0 Å². The third kappa shape index (κ3) is 6.01. The SMILES string of the molecule is COc1cc(C)ccc1OCCOCC[NH+]1C[C@H](C)O[C@@H](C)C1. The minimum Gasteiger partial charge on any atom is -0.493 e. The highest BCUT2D eigenvalue weighted by Gasteiger charge is 2.24. The number of ether oxygens (including phenoxy) is 4. The van der Waals surface area contributed by atoms with Gasteiger partial charge >= 0.3 is 0 Å². The van der Waals surface area contributed by atoms with Crippen LogP contribution in [0.5, 0.6) is 11.5 Å². The Hall–Kier alpha value is -1.30. The van der Waals surface area contributed by atoms with Crippen molar-refractivity contribution in [3.8, 4) is 11.5 Å². The van der Waals surface area contributed by atoms with Crippen LogP contribution in [0.3, 0.4) is 0 Å². The Balaban J connectivity index is 1.61. The molecule has 1 aliphatic heterocycles. The second-order valence-electron chi connectivity index (χ2n) is 6.28. The normalized spacial score (nSPS) is 24.4. The molecule has 1 N–H and O–H groups in total. The Bertz CT molecular complexity index is 470. The van der Waals surface area contributed by atoms with Gasteiger partial charge in [-0.25, -0.2) is 0 Å². The van der Waals surface area contributed by atoms with Crippen LogP contribution in [0, 0.1) is 6.92 Å². The van der Waals surface area contributed by atoms with Crippen LogP contribution in [0.2, 0.25) is 0 Å². The first-order chi connectivity index (χ1) is 11.1. The molecule has 1 saturated heterocycles. The molecule has 0 spiro atoms. The number of benzene rings is 1. The van der Waals surface area contributed by atoms with Gasteiger partial charge in [-0.15, -0.1) is 0 Å². The number of aryl methyl sites for hydroxylation is 1. The third-order valence-corrected chi connectivity index (χ3v) is 4.02. The van der Waals surface area contributed by atoms with Gasteiger partial charge in [0, 0.05) is 0 Å². The summed E-state index contributed by atoms with van der Waals surface area (Å²) < 4.78 is 22.5. The molecule has 1 heterocycles. The summed E-state index contributed by atoms with van der Waals surface area (Å²) >= 11 is 0. The Kier molecular flexibility index (Phi) is 7.15. The van der Waals surface area contributed by atoms with Crippen molar-refractivity contribution >= 4 is 0 Å². The Morgan fingerprint density at radius 3 is 2.52 bits per heavy atom. The molecular weight excluding hydrogens is 294 g/mol. The molecule has 2 rings (SSSR count). The highest BCUT2D eigenvalue weighted by Crippen LogP contribution is 2.27. The van der Waals surface area contributed by atoms with E-state index in [-0.39, 0.29) is 0 Å². The van der Waals surface area contributed by atoms with Crippen molar-refractivity contribution in [2.45, 2.75) is 33.0 Å².